The van der Waals surface area contributed by atoms with E-state index in [4.69, 9.17) is 0 Å². The van der Waals surface area contributed by atoms with Gasteiger partial charge in [-0.25, -0.2) is 8.42 Å². The Kier molecular flexibility index (Phi) is 4.60. The number of non-ortho nitro benzene ring substituents is 1. The summed E-state index contributed by atoms with van der Waals surface area (Å²) in [6.45, 7) is 1.07. The van der Waals surface area contributed by atoms with E-state index < -0.39 is 14.9 Å². The molecule has 0 aromatic heterocycles. The van der Waals surface area contributed by atoms with E-state index in [2.05, 4.69) is 0 Å². The number of nitro benzene ring substituents is 1. The highest BCUT2D eigenvalue weighted by Gasteiger charge is 2.36. The quantitative estimate of drug-likeness (QED) is 0.570. The Balaban J connectivity index is 1.89. The Morgan fingerprint density at radius 1 is 1.29 bits per heavy atom. The molecule has 0 N–H and O–H groups in total. The fourth-order valence-electron chi connectivity index (χ4n) is 2.13. The molecule has 0 radical (unpaired) electrons. The van der Waals surface area contributed by atoms with Crippen molar-refractivity contribution in [1.29, 1.82) is 0 Å². The maximum Gasteiger partial charge on any atom is 0.269 e. The normalized spacial score (nSPS) is 16.9. The van der Waals surface area contributed by atoms with E-state index in [-0.39, 0.29) is 11.4 Å². The lowest BCUT2D eigenvalue weighted by Crippen LogP contribution is -2.59. The molecule has 0 unspecified atom stereocenters. The fourth-order valence-corrected chi connectivity index (χ4v) is 3.68. The first-order valence-electron chi connectivity index (χ1n) is 6.67. The van der Waals surface area contributed by atoms with Crippen molar-refractivity contribution >= 4 is 15.7 Å². The molecule has 1 aromatic rings. The Bertz CT molecular complexity index is 607. The average molecular weight is 313 g/mol. The summed E-state index contributed by atoms with van der Waals surface area (Å²) in [6.07, 6.45) is 0.365. The van der Waals surface area contributed by atoms with Crippen LogP contribution in [-0.2, 0) is 16.4 Å². The number of hydrogen-bond donors (Lipinski definition) is 0. The van der Waals surface area contributed by atoms with Gasteiger partial charge in [0.1, 0.15) is 0 Å². The standard InChI is InChI=1S/C13H19N3O4S/c1-14(2)13-9-15(10-13)21(19,20)8-7-11-3-5-12(6-4-11)16(17)18/h3-6,13H,7-10H2,1-2H3. The second-order valence-corrected chi connectivity index (χ2v) is 7.51. The molecular formula is C13H19N3O4S. The lowest BCUT2D eigenvalue weighted by atomic mass is 10.1. The van der Waals surface area contributed by atoms with Gasteiger partial charge in [-0.05, 0) is 26.1 Å². The highest BCUT2D eigenvalue weighted by molar-refractivity contribution is 7.89. The first-order chi connectivity index (χ1) is 9.79. The molecule has 0 bridgehead atoms. The minimum Gasteiger partial charge on any atom is -0.304 e. The van der Waals surface area contributed by atoms with Crippen molar-refractivity contribution < 1.29 is 13.3 Å². The SMILES string of the molecule is CN(C)C1CN(S(=O)(=O)CCc2ccc([N+](=O)[O-])cc2)C1. The van der Waals surface area contributed by atoms with Gasteiger partial charge in [0.05, 0.1) is 10.7 Å². The van der Waals surface area contributed by atoms with Gasteiger partial charge < -0.3 is 4.90 Å². The molecule has 116 valence electrons. The zero-order valence-electron chi connectivity index (χ0n) is 12.1. The molecule has 0 spiro atoms. The van der Waals surface area contributed by atoms with Crippen molar-refractivity contribution in [2.75, 3.05) is 32.9 Å². The molecule has 1 aliphatic rings. The van der Waals surface area contributed by atoms with Gasteiger partial charge in [-0.3, -0.25) is 10.1 Å². The number of nitro groups is 1. The van der Waals surface area contributed by atoms with Crippen LogP contribution in [0.1, 0.15) is 5.56 Å². The van der Waals surface area contributed by atoms with Gasteiger partial charge in [0.2, 0.25) is 10.0 Å². The van der Waals surface area contributed by atoms with Gasteiger partial charge >= 0.3 is 0 Å². The second kappa shape index (κ2) is 6.08. The Hall–Kier alpha value is -1.51. The maximum absolute atomic E-state index is 12.1. The molecule has 1 fully saturated rings. The van der Waals surface area contributed by atoms with Gasteiger partial charge in [-0.1, -0.05) is 12.1 Å². The summed E-state index contributed by atoms with van der Waals surface area (Å²) < 4.78 is 25.7. The lowest BCUT2D eigenvalue weighted by Gasteiger charge is -2.41. The van der Waals surface area contributed by atoms with Crippen molar-refractivity contribution in [3.8, 4) is 0 Å². The number of benzene rings is 1. The van der Waals surface area contributed by atoms with Gasteiger partial charge in [-0.15, -0.1) is 0 Å². The van der Waals surface area contributed by atoms with Crippen LogP contribution in [-0.4, -0.2) is 61.5 Å². The second-order valence-electron chi connectivity index (χ2n) is 5.42. The third kappa shape index (κ3) is 3.78. The van der Waals surface area contributed by atoms with Gasteiger partial charge in [0.15, 0.2) is 0 Å². The van der Waals surface area contributed by atoms with Crippen LogP contribution in [0.3, 0.4) is 0 Å². The van der Waals surface area contributed by atoms with Gasteiger partial charge in [-0.2, -0.15) is 4.31 Å². The molecule has 1 saturated heterocycles. The number of rotatable bonds is 6. The highest BCUT2D eigenvalue weighted by atomic mass is 32.2. The summed E-state index contributed by atoms with van der Waals surface area (Å²) in [6, 6.07) is 6.29. The van der Waals surface area contributed by atoms with Crippen LogP contribution < -0.4 is 0 Å². The zero-order chi connectivity index (χ0) is 15.6. The van der Waals surface area contributed by atoms with Gasteiger partial charge in [0.25, 0.3) is 5.69 Å². The summed E-state index contributed by atoms with van der Waals surface area (Å²) in [5.41, 5.74) is 0.798. The molecule has 8 heteroatoms. The van der Waals surface area contributed by atoms with Crippen molar-refractivity contribution in [1.82, 2.24) is 9.21 Å². The predicted molar refractivity (Wildman–Crippen MR) is 79.6 cm³/mol. The molecule has 2 rings (SSSR count). The van der Waals surface area contributed by atoms with E-state index in [0.717, 1.165) is 5.56 Å². The maximum atomic E-state index is 12.1. The molecule has 0 atom stereocenters. The molecule has 0 saturated carbocycles. The molecule has 21 heavy (non-hydrogen) atoms. The topological polar surface area (TPSA) is 83.8 Å². The molecule has 1 aromatic carbocycles. The lowest BCUT2D eigenvalue weighted by molar-refractivity contribution is -0.384. The van der Waals surface area contributed by atoms with E-state index in [1.807, 2.05) is 19.0 Å². The smallest absolute Gasteiger partial charge is 0.269 e. The Labute approximate surface area is 124 Å². The van der Waals surface area contributed by atoms with Crippen molar-refractivity contribution in [3.63, 3.8) is 0 Å². The molecule has 0 aliphatic carbocycles. The van der Waals surface area contributed by atoms with Gasteiger partial charge in [0, 0.05) is 31.3 Å². The third-order valence-electron chi connectivity index (χ3n) is 3.75. The summed E-state index contributed by atoms with van der Waals surface area (Å²) in [5, 5.41) is 10.5. The van der Waals surface area contributed by atoms with E-state index in [9.17, 15) is 18.5 Å². The number of hydrogen-bond acceptors (Lipinski definition) is 5. The van der Waals surface area contributed by atoms with Crippen molar-refractivity contribution in [3.05, 3.63) is 39.9 Å². The largest absolute Gasteiger partial charge is 0.304 e. The van der Waals surface area contributed by atoms with E-state index in [1.54, 1.807) is 12.1 Å². The fraction of sp³-hybridized carbons (Fsp3) is 0.538. The van der Waals surface area contributed by atoms with Crippen LogP contribution in [0, 0.1) is 10.1 Å². The summed E-state index contributed by atoms with van der Waals surface area (Å²) >= 11 is 0. The van der Waals surface area contributed by atoms with Crippen LogP contribution in [0.15, 0.2) is 24.3 Å². The molecule has 0 amide bonds. The summed E-state index contributed by atoms with van der Waals surface area (Å²) in [5.74, 6) is 0.0327. The monoisotopic (exact) mass is 313 g/mol. The van der Waals surface area contributed by atoms with Crippen LogP contribution in [0.25, 0.3) is 0 Å². The molecule has 1 heterocycles. The number of likely N-dealkylation sites (N-methyl/N-ethyl adjacent to an activating group) is 1. The Morgan fingerprint density at radius 3 is 2.33 bits per heavy atom. The summed E-state index contributed by atoms with van der Waals surface area (Å²) in [7, 11) is 0.630. The van der Waals surface area contributed by atoms with E-state index >= 15 is 0 Å². The van der Waals surface area contributed by atoms with Crippen LogP contribution >= 0.6 is 0 Å². The third-order valence-corrected chi connectivity index (χ3v) is 5.55. The first-order valence-corrected chi connectivity index (χ1v) is 8.28. The highest BCUT2D eigenvalue weighted by Crippen LogP contribution is 2.19. The van der Waals surface area contributed by atoms with Crippen LogP contribution in [0.2, 0.25) is 0 Å². The number of sulfonamides is 1. The van der Waals surface area contributed by atoms with Crippen molar-refractivity contribution in [2.24, 2.45) is 0 Å². The minimum atomic E-state index is -3.24. The molecule has 1 aliphatic heterocycles. The van der Waals surface area contributed by atoms with E-state index in [1.165, 1.54) is 16.4 Å². The first kappa shape index (κ1) is 15.9. The van der Waals surface area contributed by atoms with E-state index in [0.29, 0.717) is 25.6 Å². The van der Waals surface area contributed by atoms with Crippen LogP contribution in [0.5, 0.6) is 0 Å². The molecular weight excluding hydrogens is 294 g/mol. The van der Waals surface area contributed by atoms with Crippen LogP contribution in [0.4, 0.5) is 5.69 Å². The number of aryl methyl sites for hydroxylation is 1. The van der Waals surface area contributed by atoms with Crippen molar-refractivity contribution in [2.45, 2.75) is 12.5 Å². The Morgan fingerprint density at radius 2 is 1.86 bits per heavy atom. The minimum absolute atomic E-state index is 0.0122. The summed E-state index contributed by atoms with van der Waals surface area (Å²) in [4.78, 5) is 12.1. The number of nitrogens with zero attached hydrogens (tertiary/aromatic N) is 3. The average Bonchev–Trinajstić information content (AvgIpc) is 2.34. The molecule has 7 nitrogen and oxygen atoms in total. The predicted octanol–water partition coefficient (Wildman–Crippen LogP) is 0.713. The zero-order valence-corrected chi connectivity index (χ0v) is 12.9.